The van der Waals surface area contributed by atoms with E-state index in [1.54, 1.807) is 6.92 Å². The molecule has 3 N–H and O–H groups in total. The Kier molecular flexibility index (Phi) is 5.40. The number of hydrogen-bond acceptors (Lipinski definition) is 3. The van der Waals surface area contributed by atoms with Gasteiger partial charge in [0, 0.05) is 18.6 Å². The lowest BCUT2D eigenvalue weighted by Gasteiger charge is -2.43. The second-order valence-electron chi connectivity index (χ2n) is 5.29. The molecule has 0 saturated carbocycles. The first kappa shape index (κ1) is 14.5. The molecule has 1 rings (SSSR count). The van der Waals surface area contributed by atoms with Crippen molar-refractivity contribution < 1.29 is 9.90 Å². The molecule has 0 aliphatic carbocycles. The van der Waals surface area contributed by atoms with Gasteiger partial charge in [-0.2, -0.15) is 0 Å². The van der Waals surface area contributed by atoms with Crippen LogP contribution >= 0.6 is 0 Å². The van der Waals surface area contributed by atoms with Crippen LogP contribution in [-0.2, 0) is 4.79 Å². The summed E-state index contributed by atoms with van der Waals surface area (Å²) in [7, 11) is 0. The summed E-state index contributed by atoms with van der Waals surface area (Å²) < 4.78 is 0. The summed E-state index contributed by atoms with van der Waals surface area (Å²) >= 11 is 0. The van der Waals surface area contributed by atoms with E-state index in [4.69, 9.17) is 10.8 Å². The van der Waals surface area contributed by atoms with Gasteiger partial charge < -0.3 is 10.8 Å². The van der Waals surface area contributed by atoms with Gasteiger partial charge in [-0.1, -0.05) is 20.3 Å². The predicted octanol–water partition coefficient (Wildman–Crippen LogP) is 1.54. The van der Waals surface area contributed by atoms with Crippen LogP contribution in [0.4, 0.5) is 0 Å². The molecule has 0 aromatic rings. The molecule has 0 radical (unpaired) electrons. The zero-order chi connectivity index (χ0) is 13.0. The summed E-state index contributed by atoms with van der Waals surface area (Å²) in [4.78, 5) is 13.3. The first-order chi connectivity index (χ1) is 8.01. The number of carboxylic acids is 1. The Labute approximate surface area is 104 Å². The third-order valence-electron chi connectivity index (χ3n) is 4.36. The fourth-order valence-corrected chi connectivity index (χ4v) is 2.78. The van der Waals surface area contributed by atoms with Gasteiger partial charge in [0.15, 0.2) is 0 Å². The minimum absolute atomic E-state index is 0.0684. The number of aliphatic carboxylic acids is 1. The lowest BCUT2D eigenvalue weighted by Crippen LogP contribution is -2.53. The largest absolute Gasteiger partial charge is 0.481 e. The summed E-state index contributed by atoms with van der Waals surface area (Å²) in [5.74, 6) is -0.291. The van der Waals surface area contributed by atoms with E-state index in [0.717, 1.165) is 18.9 Å². The van der Waals surface area contributed by atoms with Gasteiger partial charge >= 0.3 is 5.97 Å². The molecular weight excluding hydrogens is 216 g/mol. The third-order valence-corrected chi connectivity index (χ3v) is 4.36. The van der Waals surface area contributed by atoms with Crippen LogP contribution in [0.25, 0.3) is 0 Å². The molecule has 1 fully saturated rings. The highest BCUT2D eigenvalue weighted by Crippen LogP contribution is 2.28. The summed E-state index contributed by atoms with van der Waals surface area (Å²) in [6.07, 6.45) is 3.49. The summed E-state index contributed by atoms with van der Waals surface area (Å²) in [5, 5.41) is 9.08. The molecule has 0 amide bonds. The van der Waals surface area contributed by atoms with E-state index in [0.29, 0.717) is 12.6 Å². The molecule has 1 heterocycles. The zero-order valence-electron chi connectivity index (χ0n) is 11.2. The molecule has 1 aliphatic heterocycles. The zero-order valence-corrected chi connectivity index (χ0v) is 11.2. The number of likely N-dealkylation sites (tertiary alicyclic amines) is 1. The van der Waals surface area contributed by atoms with Gasteiger partial charge in [-0.15, -0.1) is 0 Å². The Morgan fingerprint density at radius 1 is 1.53 bits per heavy atom. The van der Waals surface area contributed by atoms with Crippen LogP contribution in [0.1, 0.15) is 40.0 Å². The quantitative estimate of drug-likeness (QED) is 0.767. The van der Waals surface area contributed by atoms with E-state index in [1.165, 1.54) is 12.8 Å². The van der Waals surface area contributed by atoms with Crippen molar-refractivity contribution in [1.82, 2.24) is 4.90 Å². The van der Waals surface area contributed by atoms with Crippen LogP contribution in [-0.4, -0.2) is 41.1 Å². The number of hydrogen-bond donors (Lipinski definition) is 2. The van der Waals surface area contributed by atoms with Gasteiger partial charge in [0.05, 0.1) is 5.92 Å². The van der Waals surface area contributed by atoms with Crippen molar-refractivity contribution in [3.63, 3.8) is 0 Å². The van der Waals surface area contributed by atoms with Crippen molar-refractivity contribution in [3.8, 4) is 0 Å². The fourth-order valence-electron chi connectivity index (χ4n) is 2.78. The predicted molar refractivity (Wildman–Crippen MR) is 68.8 cm³/mol. The van der Waals surface area contributed by atoms with Gasteiger partial charge in [-0.25, -0.2) is 0 Å². The topological polar surface area (TPSA) is 66.6 Å². The van der Waals surface area contributed by atoms with Crippen molar-refractivity contribution in [2.24, 2.45) is 17.6 Å². The van der Waals surface area contributed by atoms with Gasteiger partial charge in [-0.3, -0.25) is 9.69 Å². The Morgan fingerprint density at radius 2 is 2.18 bits per heavy atom. The molecule has 4 atom stereocenters. The number of carbonyl (C=O) groups is 1. The van der Waals surface area contributed by atoms with Crippen molar-refractivity contribution in [1.29, 1.82) is 0 Å². The first-order valence-corrected chi connectivity index (χ1v) is 6.69. The number of nitrogens with two attached hydrogens (primary N) is 1. The van der Waals surface area contributed by atoms with Crippen molar-refractivity contribution >= 4 is 5.97 Å². The summed E-state index contributed by atoms with van der Waals surface area (Å²) in [6, 6.07) is 0.421. The minimum Gasteiger partial charge on any atom is -0.481 e. The number of rotatable bonds is 5. The summed E-state index contributed by atoms with van der Waals surface area (Å²) in [6.45, 7) is 7.63. The number of piperidine rings is 1. The highest BCUT2D eigenvalue weighted by Gasteiger charge is 2.33. The molecule has 0 aromatic heterocycles. The Balaban J connectivity index is 2.66. The molecule has 17 heavy (non-hydrogen) atoms. The minimum atomic E-state index is -0.717. The lowest BCUT2D eigenvalue weighted by molar-refractivity contribution is -0.144. The van der Waals surface area contributed by atoms with Crippen LogP contribution in [0, 0.1) is 11.8 Å². The van der Waals surface area contributed by atoms with Crippen LogP contribution in [0.15, 0.2) is 0 Å². The van der Waals surface area contributed by atoms with Crippen LogP contribution < -0.4 is 5.73 Å². The molecule has 100 valence electrons. The average Bonchev–Trinajstić information content (AvgIpc) is 2.35. The molecule has 0 aromatic carbocycles. The Morgan fingerprint density at radius 3 is 2.65 bits per heavy atom. The second-order valence-corrected chi connectivity index (χ2v) is 5.29. The van der Waals surface area contributed by atoms with Crippen molar-refractivity contribution in [2.45, 2.75) is 52.1 Å². The second kappa shape index (κ2) is 6.36. The fraction of sp³-hybridized carbons (Fsp3) is 0.923. The van der Waals surface area contributed by atoms with Crippen molar-refractivity contribution in [2.75, 3.05) is 13.1 Å². The highest BCUT2D eigenvalue weighted by molar-refractivity contribution is 5.70. The molecule has 4 unspecified atom stereocenters. The van der Waals surface area contributed by atoms with E-state index >= 15 is 0 Å². The molecule has 4 heteroatoms. The maximum Gasteiger partial charge on any atom is 0.307 e. The molecule has 0 spiro atoms. The van der Waals surface area contributed by atoms with Crippen LogP contribution in [0.3, 0.4) is 0 Å². The highest BCUT2D eigenvalue weighted by atomic mass is 16.4. The van der Waals surface area contributed by atoms with Crippen molar-refractivity contribution in [3.05, 3.63) is 0 Å². The van der Waals surface area contributed by atoms with Gasteiger partial charge in [0.2, 0.25) is 0 Å². The number of carboxylic acid groups (broad SMARTS) is 1. The summed E-state index contributed by atoms with van der Waals surface area (Å²) in [5.41, 5.74) is 5.84. The maximum atomic E-state index is 11.0. The Bertz CT molecular complexity index is 258. The van der Waals surface area contributed by atoms with E-state index < -0.39 is 5.97 Å². The van der Waals surface area contributed by atoms with E-state index in [9.17, 15) is 4.79 Å². The van der Waals surface area contributed by atoms with Gasteiger partial charge in [0.1, 0.15) is 0 Å². The third kappa shape index (κ3) is 3.42. The smallest absolute Gasteiger partial charge is 0.307 e. The molecular formula is C13H26N2O2. The molecule has 0 bridgehead atoms. The normalized spacial score (nSPS) is 29.9. The number of nitrogens with zero attached hydrogens (tertiary/aromatic N) is 1. The van der Waals surface area contributed by atoms with Gasteiger partial charge in [0.25, 0.3) is 0 Å². The van der Waals surface area contributed by atoms with Crippen LogP contribution in [0.2, 0.25) is 0 Å². The lowest BCUT2D eigenvalue weighted by atomic mass is 9.86. The Hall–Kier alpha value is -0.610. The molecule has 4 nitrogen and oxygen atoms in total. The maximum absolute atomic E-state index is 11.0. The standard InChI is InChI=1S/C13H26N2O2/c1-4-11-5-6-15(12(7-11)8-14)10(3)9(2)13(16)17/h9-12H,4-8,14H2,1-3H3,(H,16,17). The van der Waals surface area contributed by atoms with E-state index in [-0.39, 0.29) is 12.0 Å². The first-order valence-electron chi connectivity index (χ1n) is 6.69. The van der Waals surface area contributed by atoms with E-state index in [2.05, 4.69) is 11.8 Å². The monoisotopic (exact) mass is 242 g/mol. The van der Waals surface area contributed by atoms with Gasteiger partial charge in [-0.05, 0) is 32.2 Å². The van der Waals surface area contributed by atoms with Crippen LogP contribution in [0.5, 0.6) is 0 Å². The SMILES string of the molecule is CCC1CCN(C(C)C(C)C(=O)O)C(CN)C1. The molecule has 1 aliphatic rings. The van der Waals surface area contributed by atoms with E-state index in [1.807, 2.05) is 6.92 Å². The molecule has 1 saturated heterocycles. The average molecular weight is 242 g/mol.